The van der Waals surface area contributed by atoms with Crippen molar-refractivity contribution in [1.82, 2.24) is 20.0 Å². The predicted octanol–water partition coefficient (Wildman–Crippen LogP) is 3.59. The Balaban J connectivity index is 1.43. The zero-order chi connectivity index (χ0) is 19.5. The fourth-order valence-corrected chi connectivity index (χ4v) is 3.89. The first kappa shape index (κ1) is 18.6. The molecule has 0 bridgehead atoms. The van der Waals surface area contributed by atoms with Gasteiger partial charge in [0.2, 0.25) is 5.91 Å². The molecule has 2 aromatic heterocycles. The summed E-state index contributed by atoms with van der Waals surface area (Å²) in [5.74, 6) is 1.43. The van der Waals surface area contributed by atoms with Gasteiger partial charge in [-0.05, 0) is 61.7 Å². The third kappa shape index (κ3) is 4.06. The molecule has 7 nitrogen and oxygen atoms in total. The predicted molar refractivity (Wildman–Crippen MR) is 112 cm³/mol. The summed E-state index contributed by atoms with van der Waals surface area (Å²) in [6.07, 6.45) is 5.35. The molecule has 1 unspecified atom stereocenters. The number of carbonyl (C=O) groups excluding carboxylic acids is 1. The van der Waals surface area contributed by atoms with Gasteiger partial charge in [0, 0.05) is 35.6 Å². The Hall–Kier alpha value is -2.74. The molecule has 1 aromatic carbocycles. The Kier molecular flexibility index (Phi) is 5.38. The van der Waals surface area contributed by atoms with Gasteiger partial charge in [-0.3, -0.25) is 4.79 Å². The minimum Gasteiger partial charge on any atom is -0.354 e. The van der Waals surface area contributed by atoms with E-state index in [1.165, 1.54) is 0 Å². The number of piperidine rings is 1. The van der Waals surface area contributed by atoms with Crippen molar-refractivity contribution in [1.29, 1.82) is 0 Å². The standard InChI is InChI=1S/C20H21BrN6O/c1-14-12-16(21)5-6-17(14)23-20(28)15-4-2-10-26(13-15)18-7-8-19(25-24-18)27-11-3-9-22-27/h3,5-9,11-12,15H,2,4,10,13H2,1H3,(H,23,28). The van der Waals surface area contributed by atoms with Crippen LogP contribution in [0.5, 0.6) is 0 Å². The van der Waals surface area contributed by atoms with E-state index < -0.39 is 0 Å². The van der Waals surface area contributed by atoms with Gasteiger partial charge in [0.15, 0.2) is 11.6 Å². The smallest absolute Gasteiger partial charge is 0.229 e. The summed E-state index contributed by atoms with van der Waals surface area (Å²) >= 11 is 3.45. The van der Waals surface area contributed by atoms with Crippen LogP contribution in [0.25, 0.3) is 5.82 Å². The molecule has 0 aliphatic carbocycles. The van der Waals surface area contributed by atoms with Gasteiger partial charge in [-0.15, -0.1) is 10.2 Å². The maximum absolute atomic E-state index is 12.8. The van der Waals surface area contributed by atoms with Crippen molar-refractivity contribution in [3.63, 3.8) is 0 Å². The number of nitrogens with one attached hydrogen (secondary N) is 1. The molecular formula is C20H21BrN6O. The molecular weight excluding hydrogens is 420 g/mol. The molecule has 0 spiro atoms. The van der Waals surface area contributed by atoms with E-state index in [4.69, 9.17) is 0 Å². The summed E-state index contributed by atoms with van der Waals surface area (Å²) < 4.78 is 2.67. The Bertz CT molecular complexity index is 957. The summed E-state index contributed by atoms with van der Waals surface area (Å²) in [7, 11) is 0. The molecule has 1 aliphatic heterocycles. The first-order chi connectivity index (χ1) is 13.6. The van der Waals surface area contributed by atoms with Crippen molar-refractivity contribution in [2.45, 2.75) is 19.8 Å². The van der Waals surface area contributed by atoms with E-state index >= 15 is 0 Å². The molecule has 3 aromatic rings. The average molecular weight is 441 g/mol. The highest BCUT2D eigenvalue weighted by molar-refractivity contribution is 9.10. The molecule has 3 heterocycles. The van der Waals surface area contributed by atoms with E-state index in [1.807, 2.05) is 49.5 Å². The molecule has 4 rings (SSSR count). The molecule has 1 N–H and O–H groups in total. The lowest BCUT2D eigenvalue weighted by Gasteiger charge is -2.32. The van der Waals surface area contributed by atoms with Gasteiger partial charge in [0.25, 0.3) is 0 Å². The van der Waals surface area contributed by atoms with E-state index in [-0.39, 0.29) is 11.8 Å². The van der Waals surface area contributed by atoms with Crippen molar-refractivity contribution >= 4 is 33.3 Å². The second-order valence-electron chi connectivity index (χ2n) is 6.93. The van der Waals surface area contributed by atoms with Gasteiger partial charge in [-0.25, -0.2) is 4.68 Å². The minimum absolute atomic E-state index is 0.0521. The van der Waals surface area contributed by atoms with E-state index in [0.717, 1.165) is 40.9 Å². The summed E-state index contributed by atoms with van der Waals surface area (Å²) in [4.78, 5) is 14.9. The lowest BCUT2D eigenvalue weighted by molar-refractivity contribution is -0.120. The number of carbonyl (C=O) groups is 1. The highest BCUT2D eigenvalue weighted by Gasteiger charge is 2.27. The number of hydrogen-bond acceptors (Lipinski definition) is 5. The van der Waals surface area contributed by atoms with Crippen molar-refractivity contribution < 1.29 is 4.79 Å². The fraction of sp³-hybridized carbons (Fsp3) is 0.300. The van der Waals surface area contributed by atoms with Crippen molar-refractivity contribution in [2.24, 2.45) is 5.92 Å². The highest BCUT2D eigenvalue weighted by atomic mass is 79.9. The Morgan fingerprint density at radius 1 is 1.21 bits per heavy atom. The molecule has 144 valence electrons. The van der Waals surface area contributed by atoms with Crippen LogP contribution in [0.2, 0.25) is 0 Å². The molecule has 28 heavy (non-hydrogen) atoms. The Morgan fingerprint density at radius 2 is 2.04 bits per heavy atom. The van der Waals surface area contributed by atoms with Gasteiger partial charge in [-0.1, -0.05) is 15.9 Å². The van der Waals surface area contributed by atoms with Gasteiger partial charge in [0.05, 0.1) is 5.92 Å². The number of hydrogen-bond donors (Lipinski definition) is 1. The lowest BCUT2D eigenvalue weighted by Crippen LogP contribution is -2.41. The van der Waals surface area contributed by atoms with Crippen LogP contribution in [-0.4, -0.2) is 39.0 Å². The number of rotatable bonds is 4. The van der Waals surface area contributed by atoms with Gasteiger partial charge >= 0.3 is 0 Å². The maximum Gasteiger partial charge on any atom is 0.229 e. The van der Waals surface area contributed by atoms with E-state index in [1.54, 1.807) is 10.9 Å². The van der Waals surface area contributed by atoms with Gasteiger partial charge < -0.3 is 10.2 Å². The minimum atomic E-state index is -0.0793. The molecule has 1 saturated heterocycles. The molecule has 0 saturated carbocycles. The zero-order valence-corrected chi connectivity index (χ0v) is 17.1. The summed E-state index contributed by atoms with van der Waals surface area (Å²) in [6, 6.07) is 11.5. The SMILES string of the molecule is Cc1cc(Br)ccc1NC(=O)C1CCCN(c2ccc(-n3cccn3)nn2)C1. The van der Waals surface area contributed by atoms with Gasteiger partial charge in [-0.2, -0.15) is 5.10 Å². The molecule has 1 amide bonds. The number of benzene rings is 1. The highest BCUT2D eigenvalue weighted by Crippen LogP contribution is 2.25. The maximum atomic E-state index is 12.8. The quantitative estimate of drug-likeness (QED) is 0.670. The van der Waals surface area contributed by atoms with E-state index in [0.29, 0.717) is 12.4 Å². The van der Waals surface area contributed by atoms with Crippen LogP contribution >= 0.6 is 15.9 Å². The second-order valence-corrected chi connectivity index (χ2v) is 7.85. The zero-order valence-electron chi connectivity index (χ0n) is 15.5. The second kappa shape index (κ2) is 8.10. The van der Waals surface area contributed by atoms with Gasteiger partial charge in [0.1, 0.15) is 0 Å². The monoisotopic (exact) mass is 440 g/mol. The molecule has 1 atom stereocenters. The van der Waals surface area contributed by atoms with Crippen LogP contribution in [0.1, 0.15) is 18.4 Å². The van der Waals surface area contributed by atoms with E-state index in [9.17, 15) is 4.79 Å². The lowest BCUT2D eigenvalue weighted by atomic mass is 9.97. The third-order valence-electron chi connectivity index (χ3n) is 4.94. The number of aromatic nitrogens is 4. The summed E-state index contributed by atoms with van der Waals surface area (Å²) in [5, 5.41) is 15.8. The van der Waals surface area contributed by atoms with Crippen LogP contribution in [0.3, 0.4) is 0 Å². The van der Waals surface area contributed by atoms with Crippen LogP contribution in [0.15, 0.2) is 53.3 Å². The fourth-order valence-electron chi connectivity index (χ4n) is 3.41. The number of halogens is 1. The van der Waals surface area contributed by atoms with Crippen LogP contribution in [-0.2, 0) is 4.79 Å². The number of anilines is 2. The molecule has 8 heteroatoms. The van der Waals surface area contributed by atoms with Crippen molar-refractivity contribution in [3.05, 3.63) is 58.8 Å². The first-order valence-electron chi connectivity index (χ1n) is 9.26. The molecule has 0 radical (unpaired) electrons. The normalized spacial score (nSPS) is 16.8. The average Bonchev–Trinajstić information content (AvgIpc) is 3.25. The number of amides is 1. The summed E-state index contributed by atoms with van der Waals surface area (Å²) in [6.45, 7) is 3.50. The third-order valence-corrected chi connectivity index (χ3v) is 5.43. The largest absolute Gasteiger partial charge is 0.354 e. The van der Waals surface area contributed by atoms with Crippen LogP contribution < -0.4 is 10.2 Å². The van der Waals surface area contributed by atoms with Crippen molar-refractivity contribution in [3.8, 4) is 5.82 Å². The summed E-state index contributed by atoms with van der Waals surface area (Å²) in [5.41, 5.74) is 1.89. The number of nitrogens with zero attached hydrogens (tertiary/aromatic N) is 5. The van der Waals surface area contributed by atoms with Crippen LogP contribution in [0, 0.1) is 12.8 Å². The topological polar surface area (TPSA) is 75.9 Å². The van der Waals surface area contributed by atoms with Crippen LogP contribution in [0.4, 0.5) is 11.5 Å². The van der Waals surface area contributed by atoms with Crippen molar-refractivity contribution in [2.75, 3.05) is 23.3 Å². The number of aryl methyl sites for hydroxylation is 1. The Labute approximate surface area is 171 Å². The Morgan fingerprint density at radius 3 is 2.75 bits per heavy atom. The molecule has 1 aliphatic rings. The van der Waals surface area contributed by atoms with E-state index in [2.05, 4.69) is 41.4 Å². The first-order valence-corrected chi connectivity index (χ1v) is 10.0. The molecule has 1 fully saturated rings.